The van der Waals surface area contributed by atoms with Crippen LogP contribution in [0.4, 0.5) is 5.69 Å². The van der Waals surface area contributed by atoms with E-state index in [-0.39, 0.29) is 18.9 Å². The van der Waals surface area contributed by atoms with Crippen LogP contribution in [0.5, 0.6) is 17.2 Å². The molecular formula is C28H26N4O3S. The molecule has 6 rings (SSSR count). The highest BCUT2D eigenvalue weighted by Crippen LogP contribution is 2.46. The highest BCUT2D eigenvalue weighted by Gasteiger charge is 2.42. The number of anilines is 1. The number of hydrogen-bond acceptors (Lipinski definition) is 5. The van der Waals surface area contributed by atoms with Crippen LogP contribution in [0.2, 0.25) is 0 Å². The maximum Gasteiger partial charge on any atom is 0.231 e. The van der Waals surface area contributed by atoms with Crippen molar-refractivity contribution in [3.05, 3.63) is 95.6 Å². The molecular weight excluding hydrogens is 472 g/mol. The van der Waals surface area contributed by atoms with Crippen LogP contribution in [0.15, 0.2) is 72.9 Å². The number of pyridine rings is 1. The van der Waals surface area contributed by atoms with Crippen LogP contribution in [-0.2, 0) is 0 Å². The summed E-state index contributed by atoms with van der Waals surface area (Å²) in [5.41, 5.74) is 6.33. The average molecular weight is 499 g/mol. The fourth-order valence-electron chi connectivity index (χ4n) is 5.22. The fourth-order valence-corrected chi connectivity index (χ4v) is 5.56. The minimum Gasteiger partial charge on any atom is -0.497 e. The van der Waals surface area contributed by atoms with Crippen molar-refractivity contribution in [1.82, 2.24) is 14.9 Å². The van der Waals surface area contributed by atoms with Crippen molar-refractivity contribution in [2.24, 2.45) is 0 Å². The number of methoxy groups -OCH3 is 1. The molecule has 0 bridgehead atoms. The zero-order valence-electron chi connectivity index (χ0n) is 20.3. The van der Waals surface area contributed by atoms with Crippen LogP contribution >= 0.6 is 12.2 Å². The third-order valence-corrected chi connectivity index (χ3v) is 7.15. The van der Waals surface area contributed by atoms with Gasteiger partial charge >= 0.3 is 0 Å². The van der Waals surface area contributed by atoms with Crippen molar-refractivity contribution in [2.75, 3.05) is 18.8 Å². The largest absolute Gasteiger partial charge is 0.497 e. The molecule has 0 unspecified atom stereocenters. The maximum atomic E-state index is 5.91. The molecule has 4 heterocycles. The van der Waals surface area contributed by atoms with Crippen LogP contribution in [0.25, 0.3) is 5.69 Å². The van der Waals surface area contributed by atoms with Crippen LogP contribution in [0.3, 0.4) is 0 Å². The third-order valence-electron chi connectivity index (χ3n) is 6.83. The number of aryl methyl sites for hydroxylation is 1. The lowest BCUT2D eigenvalue weighted by Crippen LogP contribution is -2.29. The minimum atomic E-state index is -0.136. The number of benzene rings is 2. The molecule has 2 aliphatic heterocycles. The number of ether oxygens (including phenoxy) is 3. The lowest BCUT2D eigenvalue weighted by molar-refractivity contribution is 0.174. The molecule has 0 spiro atoms. The van der Waals surface area contributed by atoms with E-state index in [2.05, 4.69) is 45.7 Å². The normalized spacial score (nSPS) is 18.4. The fraction of sp³-hybridized carbons (Fsp3) is 0.214. The molecule has 0 aliphatic carbocycles. The number of nitrogens with zero attached hydrogens (tertiary/aromatic N) is 3. The number of rotatable bonds is 5. The molecule has 0 saturated carbocycles. The molecule has 0 amide bonds. The van der Waals surface area contributed by atoms with Gasteiger partial charge in [-0.1, -0.05) is 12.1 Å². The molecule has 2 atom stereocenters. The average Bonchev–Trinajstić information content (AvgIpc) is 3.59. The Labute approximate surface area is 215 Å². The number of thiocarbonyl (C=S) groups is 1. The molecule has 1 N–H and O–H groups in total. The summed E-state index contributed by atoms with van der Waals surface area (Å²) < 4.78 is 19.0. The van der Waals surface area contributed by atoms with Gasteiger partial charge in [-0.15, -0.1) is 0 Å². The minimum absolute atomic E-state index is 0.127. The van der Waals surface area contributed by atoms with E-state index in [1.807, 2.05) is 60.8 Å². The molecule has 2 aliphatic rings. The topological polar surface area (TPSA) is 60.8 Å². The predicted octanol–water partition coefficient (Wildman–Crippen LogP) is 5.40. The van der Waals surface area contributed by atoms with E-state index in [0.29, 0.717) is 5.11 Å². The molecule has 1 saturated heterocycles. The molecule has 8 heteroatoms. The Morgan fingerprint density at radius 1 is 0.972 bits per heavy atom. The van der Waals surface area contributed by atoms with Gasteiger partial charge in [0.05, 0.1) is 24.9 Å². The zero-order chi connectivity index (χ0) is 24.8. The Morgan fingerprint density at radius 2 is 1.83 bits per heavy atom. The van der Waals surface area contributed by atoms with Gasteiger partial charge in [-0.25, -0.2) is 0 Å². The van der Waals surface area contributed by atoms with Gasteiger partial charge in [0.25, 0.3) is 0 Å². The first-order chi connectivity index (χ1) is 17.5. The Kier molecular flexibility index (Phi) is 5.53. The summed E-state index contributed by atoms with van der Waals surface area (Å²) in [4.78, 5) is 6.84. The van der Waals surface area contributed by atoms with E-state index in [1.54, 1.807) is 7.11 Å². The standard InChI is InChI=1S/C28H26N4O3S/c1-17-13-22(18(2)31(17)19-7-6-8-21(14-19)33-3)27-26(23-9-4-5-12-29-23)30-28(36)32(27)20-10-11-24-25(15-20)35-16-34-24/h4-15,26-27H,16H2,1-3H3,(H,30,36)/t26-,27+/m0/s1. The first kappa shape index (κ1) is 22.4. The molecule has 4 aromatic rings. The summed E-state index contributed by atoms with van der Waals surface area (Å²) in [7, 11) is 1.69. The van der Waals surface area contributed by atoms with Gasteiger partial charge in [0.1, 0.15) is 5.75 Å². The highest BCUT2D eigenvalue weighted by molar-refractivity contribution is 7.80. The summed E-state index contributed by atoms with van der Waals surface area (Å²) in [6, 6.07) is 22.0. The lowest BCUT2D eigenvalue weighted by atomic mass is 9.96. The van der Waals surface area contributed by atoms with E-state index < -0.39 is 0 Å². The Hall–Kier alpha value is -4.04. The SMILES string of the molecule is COc1cccc(-n2c(C)cc([C@@H]3[C@H](c4ccccn4)NC(=S)N3c3ccc4c(c3)OCO4)c2C)c1. The summed E-state index contributed by atoms with van der Waals surface area (Å²) in [5.74, 6) is 2.28. The highest BCUT2D eigenvalue weighted by atomic mass is 32.1. The van der Waals surface area contributed by atoms with E-state index >= 15 is 0 Å². The van der Waals surface area contributed by atoms with Gasteiger partial charge in [-0.05, 0) is 74.1 Å². The van der Waals surface area contributed by atoms with Crippen LogP contribution in [0.1, 0.15) is 34.7 Å². The maximum absolute atomic E-state index is 5.91. The molecule has 182 valence electrons. The molecule has 0 radical (unpaired) electrons. The van der Waals surface area contributed by atoms with E-state index in [0.717, 1.165) is 51.3 Å². The molecule has 7 nitrogen and oxygen atoms in total. The van der Waals surface area contributed by atoms with Gasteiger partial charge in [0, 0.05) is 41.1 Å². The van der Waals surface area contributed by atoms with Crippen molar-refractivity contribution < 1.29 is 14.2 Å². The number of aromatic nitrogens is 2. The van der Waals surface area contributed by atoms with Crippen molar-refractivity contribution in [1.29, 1.82) is 0 Å². The van der Waals surface area contributed by atoms with E-state index in [1.165, 1.54) is 0 Å². The third kappa shape index (κ3) is 3.65. The van der Waals surface area contributed by atoms with Crippen LogP contribution < -0.4 is 24.4 Å². The van der Waals surface area contributed by atoms with Gasteiger partial charge in [0.15, 0.2) is 16.6 Å². The van der Waals surface area contributed by atoms with Crippen LogP contribution in [0, 0.1) is 13.8 Å². The predicted molar refractivity (Wildman–Crippen MR) is 142 cm³/mol. The van der Waals surface area contributed by atoms with Gasteiger partial charge in [-0.3, -0.25) is 4.98 Å². The van der Waals surface area contributed by atoms with Gasteiger partial charge in [0.2, 0.25) is 6.79 Å². The quantitative estimate of drug-likeness (QED) is 0.370. The lowest BCUT2D eigenvalue weighted by Gasteiger charge is -2.28. The summed E-state index contributed by atoms with van der Waals surface area (Å²) in [5, 5.41) is 4.18. The van der Waals surface area contributed by atoms with Crippen molar-refractivity contribution in [3.8, 4) is 22.9 Å². The Bertz CT molecular complexity index is 1450. The summed E-state index contributed by atoms with van der Waals surface area (Å²) >= 11 is 5.91. The van der Waals surface area contributed by atoms with Crippen molar-refractivity contribution in [3.63, 3.8) is 0 Å². The first-order valence-corrected chi connectivity index (χ1v) is 12.2. The number of nitrogens with one attached hydrogen (secondary N) is 1. The molecule has 1 fully saturated rings. The van der Waals surface area contributed by atoms with Crippen molar-refractivity contribution in [2.45, 2.75) is 25.9 Å². The first-order valence-electron chi connectivity index (χ1n) is 11.8. The Morgan fingerprint density at radius 3 is 2.64 bits per heavy atom. The second-order valence-corrected chi connectivity index (χ2v) is 9.28. The molecule has 36 heavy (non-hydrogen) atoms. The smallest absolute Gasteiger partial charge is 0.231 e. The molecule has 2 aromatic carbocycles. The number of fused-ring (bicyclic) bond motifs is 1. The summed E-state index contributed by atoms with van der Waals surface area (Å²) in [6.07, 6.45) is 1.82. The van der Waals surface area contributed by atoms with Gasteiger partial charge < -0.3 is 29.0 Å². The zero-order valence-corrected chi connectivity index (χ0v) is 21.1. The van der Waals surface area contributed by atoms with Gasteiger partial charge in [-0.2, -0.15) is 0 Å². The number of hydrogen-bond donors (Lipinski definition) is 1. The van der Waals surface area contributed by atoms with Crippen molar-refractivity contribution >= 4 is 23.0 Å². The van der Waals surface area contributed by atoms with E-state index in [9.17, 15) is 0 Å². The van der Waals surface area contributed by atoms with E-state index in [4.69, 9.17) is 26.4 Å². The summed E-state index contributed by atoms with van der Waals surface area (Å²) in [6.45, 7) is 4.50. The van der Waals surface area contributed by atoms with Crippen LogP contribution in [-0.4, -0.2) is 28.6 Å². The second-order valence-electron chi connectivity index (χ2n) is 8.90. The molecule has 2 aromatic heterocycles. The Balaban J connectivity index is 1.50. The monoisotopic (exact) mass is 498 g/mol. The second kappa shape index (κ2) is 8.87.